The molecule has 0 radical (unpaired) electrons. The van der Waals surface area contributed by atoms with E-state index in [2.05, 4.69) is 10.0 Å². The van der Waals surface area contributed by atoms with Gasteiger partial charge in [0.05, 0.1) is 28.7 Å². The van der Waals surface area contributed by atoms with E-state index in [-0.39, 0.29) is 34.1 Å². The van der Waals surface area contributed by atoms with Crippen LogP contribution < -0.4 is 14.8 Å². The minimum atomic E-state index is -4.12. The zero-order valence-corrected chi connectivity index (χ0v) is 18.3. The van der Waals surface area contributed by atoms with Crippen molar-refractivity contribution < 1.29 is 28.0 Å². The van der Waals surface area contributed by atoms with Gasteiger partial charge in [0, 0.05) is 24.2 Å². The topological polar surface area (TPSA) is 148 Å². The Kier molecular flexibility index (Phi) is 7.26. The maximum absolute atomic E-state index is 12.7. The highest BCUT2D eigenvalue weighted by atomic mass is 32.2. The SMILES string of the molecule is COc1ccc([N+](=O)[O-])cc1NS(=O)(=O)c1ccc(C(=O)NCC(O)c2ccccc2)cc1. The van der Waals surface area contributed by atoms with Crippen molar-refractivity contribution in [2.24, 2.45) is 0 Å². The van der Waals surface area contributed by atoms with Crippen molar-refractivity contribution in [3.8, 4) is 5.75 Å². The number of nitro groups is 1. The Hall–Kier alpha value is -3.96. The second-order valence-electron chi connectivity index (χ2n) is 6.91. The standard InChI is InChI=1S/C22H21N3O7S/c1-32-21-12-9-17(25(28)29)13-19(21)24-33(30,31)18-10-7-16(8-11-18)22(27)23-14-20(26)15-5-3-2-4-6-15/h2-13,20,24,26H,14H2,1H3,(H,23,27). The molecule has 0 heterocycles. The lowest BCUT2D eigenvalue weighted by atomic mass is 10.1. The maximum atomic E-state index is 12.7. The monoisotopic (exact) mass is 471 g/mol. The van der Waals surface area contributed by atoms with E-state index in [1.54, 1.807) is 24.3 Å². The number of aliphatic hydroxyl groups is 1. The van der Waals surface area contributed by atoms with Crippen molar-refractivity contribution in [1.82, 2.24) is 5.32 Å². The molecule has 0 aliphatic carbocycles. The van der Waals surface area contributed by atoms with E-state index in [0.29, 0.717) is 5.56 Å². The summed E-state index contributed by atoms with van der Waals surface area (Å²) in [5, 5.41) is 23.7. The molecule has 172 valence electrons. The highest BCUT2D eigenvalue weighted by Gasteiger charge is 2.20. The number of aliphatic hydroxyl groups excluding tert-OH is 1. The fourth-order valence-corrected chi connectivity index (χ4v) is 4.02. The summed E-state index contributed by atoms with van der Waals surface area (Å²) in [6.07, 6.45) is -0.885. The predicted molar refractivity (Wildman–Crippen MR) is 121 cm³/mol. The molecular weight excluding hydrogens is 450 g/mol. The van der Waals surface area contributed by atoms with Gasteiger partial charge in [0.15, 0.2) is 0 Å². The number of nitrogens with zero attached hydrogens (tertiary/aromatic N) is 1. The first-order valence-corrected chi connectivity index (χ1v) is 11.2. The molecule has 0 saturated heterocycles. The Morgan fingerprint density at radius 1 is 1.09 bits per heavy atom. The van der Waals surface area contributed by atoms with Crippen molar-refractivity contribution in [2.75, 3.05) is 18.4 Å². The Labute approximate surface area is 190 Å². The lowest BCUT2D eigenvalue weighted by Gasteiger charge is -2.13. The van der Waals surface area contributed by atoms with Gasteiger partial charge in [-0.25, -0.2) is 8.42 Å². The lowest BCUT2D eigenvalue weighted by Crippen LogP contribution is -2.28. The van der Waals surface area contributed by atoms with Crippen LogP contribution in [0.1, 0.15) is 22.0 Å². The van der Waals surface area contributed by atoms with E-state index in [1.807, 2.05) is 6.07 Å². The number of carbonyl (C=O) groups excluding carboxylic acids is 1. The number of amides is 1. The number of anilines is 1. The highest BCUT2D eigenvalue weighted by Crippen LogP contribution is 2.30. The van der Waals surface area contributed by atoms with Crippen LogP contribution >= 0.6 is 0 Å². The first kappa shape index (κ1) is 23.7. The Bertz CT molecular complexity index is 1250. The second kappa shape index (κ2) is 10.1. The molecular formula is C22H21N3O7S. The largest absolute Gasteiger partial charge is 0.495 e. The smallest absolute Gasteiger partial charge is 0.271 e. The number of benzene rings is 3. The van der Waals surface area contributed by atoms with Crippen molar-refractivity contribution >= 4 is 27.3 Å². The first-order valence-electron chi connectivity index (χ1n) is 9.68. The van der Waals surface area contributed by atoms with E-state index in [9.17, 15) is 28.4 Å². The summed E-state index contributed by atoms with van der Waals surface area (Å²) in [4.78, 5) is 22.5. The van der Waals surface area contributed by atoms with Crippen molar-refractivity contribution in [2.45, 2.75) is 11.0 Å². The molecule has 33 heavy (non-hydrogen) atoms. The zero-order chi connectivity index (χ0) is 24.0. The van der Waals surface area contributed by atoms with Gasteiger partial charge in [-0.2, -0.15) is 0 Å². The molecule has 1 amide bonds. The molecule has 1 atom stereocenters. The van der Waals surface area contributed by atoms with E-state index < -0.39 is 27.0 Å². The molecule has 10 nitrogen and oxygen atoms in total. The molecule has 0 saturated carbocycles. The summed E-state index contributed by atoms with van der Waals surface area (Å²) in [7, 11) is -2.81. The Morgan fingerprint density at radius 3 is 2.36 bits per heavy atom. The van der Waals surface area contributed by atoms with Crippen LogP contribution in [0, 0.1) is 10.1 Å². The highest BCUT2D eigenvalue weighted by molar-refractivity contribution is 7.92. The molecule has 1 unspecified atom stereocenters. The number of sulfonamides is 1. The van der Waals surface area contributed by atoms with Crippen molar-refractivity contribution in [3.63, 3.8) is 0 Å². The summed E-state index contributed by atoms with van der Waals surface area (Å²) < 4.78 is 32.8. The average molecular weight is 471 g/mol. The zero-order valence-electron chi connectivity index (χ0n) is 17.5. The lowest BCUT2D eigenvalue weighted by molar-refractivity contribution is -0.384. The minimum absolute atomic E-state index is 0.0168. The van der Waals surface area contributed by atoms with Crippen LogP contribution in [-0.4, -0.2) is 38.0 Å². The molecule has 3 N–H and O–H groups in total. The Morgan fingerprint density at radius 2 is 1.76 bits per heavy atom. The number of nitrogens with one attached hydrogen (secondary N) is 2. The van der Waals surface area contributed by atoms with E-state index in [1.165, 1.54) is 43.5 Å². The molecule has 3 aromatic carbocycles. The number of methoxy groups -OCH3 is 1. The molecule has 3 rings (SSSR count). The predicted octanol–water partition coefficient (Wildman–Crippen LogP) is 2.87. The summed E-state index contributed by atoms with van der Waals surface area (Å²) >= 11 is 0. The fraction of sp³-hybridized carbons (Fsp3) is 0.136. The van der Waals surface area contributed by atoms with Gasteiger partial charge in [-0.15, -0.1) is 0 Å². The van der Waals surface area contributed by atoms with Gasteiger partial charge in [-0.1, -0.05) is 30.3 Å². The van der Waals surface area contributed by atoms with Gasteiger partial charge < -0.3 is 15.2 Å². The molecule has 0 aliphatic rings. The number of non-ortho nitro benzene ring substituents is 1. The minimum Gasteiger partial charge on any atom is -0.495 e. The fourth-order valence-electron chi connectivity index (χ4n) is 2.96. The summed E-state index contributed by atoms with van der Waals surface area (Å²) in [6, 6.07) is 17.5. The van der Waals surface area contributed by atoms with Crippen LogP contribution in [0.15, 0.2) is 77.7 Å². The molecule has 0 aromatic heterocycles. The van der Waals surface area contributed by atoms with E-state index >= 15 is 0 Å². The molecule has 11 heteroatoms. The van der Waals surface area contributed by atoms with E-state index in [0.717, 1.165) is 6.07 Å². The first-order chi connectivity index (χ1) is 15.7. The molecule has 0 aliphatic heterocycles. The number of ether oxygens (including phenoxy) is 1. The number of nitro benzene ring substituents is 1. The normalized spacial score (nSPS) is 11.9. The number of rotatable bonds is 9. The van der Waals surface area contributed by atoms with E-state index in [4.69, 9.17) is 4.74 Å². The van der Waals surface area contributed by atoms with Gasteiger partial charge in [0.25, 0.3) is 21.6 Å². The third kappa shape index (κ3) is 5.84. The molecule has 0 fully saturated rings. The second-order valence-corrected chi connectivity index (χ2v) is 8.59. The Balaban J connectivity index is 1.70. The third-order valence-corrected chi connectivity index (χ3v) is 6.09. The summed E-state index contributed by atoms with van der Waals surface area (Å²) in [5.41, 5.74) is 0.450. The van der Waals surface area contributed by atoms with Crippen LogP contribution in [0.5, 0.6) is 5.75 Å². The summed E-state index contributed by atoms with van der Waals surface area (Å²) in [5.74, 6) is -0.376. The van der Waals surface area contributed by atoms with Crippen LogP contribution in [-0.2, 0) is 10.0 Å². The van der Waals surface area contributed by atoms with Gasteiger partial charge in [-0.3, -0.25) is 19.6 Å². The van der Waals surface area contributed by atoms with Gasteiger partial charge in [0.1, 0.15) is 5.75 Å². The van der Waals surface area contributed by atoms with Gasteiger partial charge in [0.2, 0.25) is 0 Å². The third-order valence-electron chi connectivity index (χ3n) is 4.71. The van der Waals surface area contributed by atoms with Crippen molar-refractivity contribution in [3.05, 3.63) is 94.0 Å². The molecule has 0 spiro atoms. The van der Waals surface area contributed by atoms with Crippen molar-refractivity contribution in [1.29, 1.82) is 0 Å². The summed E-state index contributed by atoms with van der Waals surface area (Å²) in [6.45, 7) is -0.0168. The number of hydrogen-bond acceptors (Lipinski definition) is 7. The van der Waals surface area contributed by atoms with Gasteiger partial charge in [-0.05, 0) is 35.9 Å². The quantitative estimate of drug-likeness (QED) is 0.321. The molecule has 3 aromatic rings. The van der Waals surface area contributed by atoms with Gasteiger partial charge >= 0.3 is 0 Å². The number of hydrogen-bond donors (Lipinski definition) is 3. The average Bonchev–Trinajstić information content (AvgIpc) is 2.82. The van der Waals surface area contributed by atoms with Crippen LogP contribution in [0.4, 0.5) is 11.4 Å². The van der Waals surface area contributed by atoms with Crippen LogP contribution in [0.3, 0.4) is 0 Å². The maximum Gasteiger partial charge on any atom is 0.271 e. The molecule has 0 bridgehead atoms. The van der Waals surface area contributed by atoms with Crippen LogP contribution in [0.25, 0.3) is 0 Å². The number of carbonyl (C=O) groups is 1. The van der Waals surface area contributed by atoms with Crippen LogP contribution in [0.2, 0.25) is 0 Å².